The molecule has 17 heavy (non-hydrogen) atoms. The second kappa shape index (κ2) is 3.95. The van der Waals surface area contributed by atoms with Crippen LogP contribution in [0.1, 0.15) is 19.3 Å². The van der Waals surface area contributed by atoms with Crippen molar-refractivity contribution in [2.45, 2.75) is 25.3 Å². The second-order valence-electron chi connectivity index (χ2n) is 3.87. The van der Waals surface area contributed by atoms with Crippen molar-refractivity contribution in [3.63, 3.8) is 0 Å². The van der Waals surface area contributed by atoms with Gasteiger partial charge in [0.15, 0.2) is 4.91 Å². The highest BCUT2D eigenvalue weighted by molar-refractivity contribution is 7.95. The standard InChI is InChI=1S/C9H10N2O5S/c12-8(10-5-2-1-3-5)6-4-7(9(13)14)17(15,16)11-6/h4-5H,1-3H2,(H,10,12)(H,13,14). The summed E-state index contributed by atoms with van der Waals surface area (Å²) in [5, 5.41) is 11.2. The number of hydrogen-bond acceptors (Lipinski definition) is 4. The maximum absolute atomic E-state index is 11.6. The van der Waals surface area contributed by atoms with E-state index in [9.17, 15) is 18.0 Å². The highest BCUT2D eigenvalue weighted by Crippen LogP contribution is 2.20. The molecule has 2 N–H and O–H groups in total. The number of rotatable bonds is 3. The first-order valence-electron chi connectivity index (χ1n) is 5.01. The number of carboxylic acids is 1. The Labute approximate surface area is 97.3 Å². The SMILES string of the molecule is O=C(O)C1=CC(C(=O)NC2CCC2)=NS1(=O)=O. The van der Waals surface area contributed by atoms with Crippen LogP contribution >= 0.6 is 0 Å². The molecule has 0 aromatic heterocycles. The summed E-state index contributed by atoms with van der Waals surface area (Å²) in [5.41, 5.74) is -0.366. The third kappa shape index (κ3) is 2.21. The summed E-state index contributed by atoms with van der Waals surface area (Å²) in [4.78, 5) is 21.3. The van der Waals surface area contributed by atoms with Gasteiger partial charge in [-0.05, 0) is 25.3 Å². The quantitative estimate of drug-likeness (QED) is 0.702. The third-order valence-corrected chi connectivity index (χ3v) is 3.93. The summed E-state index contributed by atoms with van der Waals surface area (Å²) in [5.74, 6) is -2.25. The van der Waals surface area contributed by atoms with Crippen molar-refractivity contribution in [2.75, 3.05) is 0 Å². The van der Waals surface area contributed by atoms with Gasteiger partial charge in [0, 0.05) is 6.04 Å². The molecule has 0 unspecified atom stereocenters. The summed E-state index contributed by atoms with van der Waals surface area (Å²) in [6, 6.07) is 0.0372. The molecule has 0 saturated heterocycles. The minimum atomic E-state index is -4.22. The minimum absolute atomic E-state index is 0.0372. The summed E-state index contributed by atoms with van der Waals surface area (Å²) in [6.45, 7) is 0. The summed E-state index contributed by atoms with van der Waals surface area (Å²) < 4.78 is 25.7. The van der Waals surface area contributed by atoms with E-state index in [1.54, 1.807) is 0 Å². The van der Waals surface area contributed by atoms with Crippen molar-refractivity contribution in [2.24, 2.45) is 4.40 Å². The Morgan fingerprint density at radius 3 is 2.47 bits per heavy atom. The van der Waals surface area contributed by atoms with Crippen LogP contribution in [0.5, 0.6) is 0 Å². The average molecular weight is 258 g/mol. The minimum Gasteiger partial charge on any atom is -0.477 e. The Bertz CT molecular complexity index is 542. The number of amides is 1. The van der Waals surface area contributed by atoms with E-state index in [2.05, 4.69) is 9.71 Å². The first-order chi connectivity index (χ1) is 7.90. The molecule has 8 heteroatoms. The van der Waals surface area contributed by atoms with Crippen LogP contribution in [0.4, 0.5) is 0 Å². The van der Waals surface area contributed by atoms with Gasteiger partial charge >= 0.3 is 5.97 Å². The van der Waals surface area contributed by atoms with Gasteiger partial charge in [-0.1, -0.05) is 0 Å². The number of aliphatic carboxylic acids is 1. The number of carbonyl (C=O) groups excluding carboxylic acids is 1. The van der Waals surface area contributed by atoms with Crippen molar-refractivity contribution in [3.8, 4) is 0 Å². The Hall–Kier alpha value is -1.70. The van der Waals surface area contributed by atoms with Gasteiger partial charge in [0.05, 0.1) is 0 Å². The smallest absolute Gasteiger partial charge is 0.349 e. The summed E-state index contributed by atoms with van der Waals surface area (Å²) >= 11 is 0. The molecule has 1 heterocycles. The van der Waals surface area contributed by atoms with E-state index in [0.29, 0.717) is 0 Å². The maximum atomic E-state index is 11.6. The van der Waals surface area contributed by atoms with Crippen LogP contribution in [-0.4, -0.2) is 37.2 Å². The van der Waals surface area contributed by atoms with Gasteiger partial charge in [-0.2, -0.15) is 12.8 Å². The van der Waals surface area contributed by atoms with Crippen molar-refractivity contribution >= 4 is 27.6 Å². The first kappa shape index (κ1) is 11.8. The fourth-order valence-electron chi connectivity index (χ4n) is 1.49. The Morgan fingerprint density at radius 1 is 1.41 bits per heavy atom. The van der Waals surface area contributed by atoms with E-state index in [4.69, 9.17) is 5.11 Å². The highest BCUT2D eigenvalue weighted by atomic mass is 32.2. The number of nitrogens with one attached hydrogen (secondary N) is 1. The monoisotopic (exact) mass is 258 g/mol. The van der Waals surface area contributed by atoms with Crippen molar-refractivity contribution < 1.29 is 23.1 Å². The molecule has 0 bridgehead atoms. The van der Waals surface area contributed by atoms with Crippen LogP contribution in [0.2, 0.25) is 0 Å². The van der Waals surface area contributed by atoms with E-state index in [1.165, 1.54) is 0 Å². The molecule has 92 valence electrons. The molecule has 0 spiro atoms. The van der Waals surface area contributed by atoms with Gasteiger partial charge in [-0.3, -0.25) is 4.79 Å². The fraction of sp³-hybridized carbons (Fsp3) is 0.444. The topological polar surface area (TPSA) is 113 Å². The van der Waals surface area contributed by atoms with E-state index >= 15 is 0 Å². The molecule has 1 aliphatic carbocycles. The van der Waals surface area contributed by atoms with Gasteiger partial charge in [0.1, 0.15) is 5.71 Å². The molecule has 1 aliphatic heterocycles. The number of hydrogen-bond donors (Lipinski definition) is 2. The first-order valence-corrected chi connectivity index (χ1v) is 6.45. The molecule has 0 radical (unpaired) electrons. The second-order valence-corrected chi connectivity index (χ2v) is 5.44. The predicted octanol–water partition coefficient (Wildman–Crippen LogP) is -0.592. The lowest BCUT2D eigenvalue weighted by Crippen LogP contribution is -2.42. The lowest BCUT2D eigenvalue weighted by atomic mass is 9.93. The molecule has 1 saturated carbocycles. The van der Waals surface area contributed by atoms with Crippen LogP contribution in [0.15, 0.2) is 15.4 Å². The fourth-order valence-corrected chi connectivity index (χ4v) is 2.47. The van der Waals surface area contributed by atoms with Crippen molar-refractivity contribution in [1.29, 1.82) is 0 Å². The average Bonchev–Trinajstić information content (AvgIpc) is 2.47. The third-order valence-electron chi connectivity index (χ3n) is 2.65. The molecule has 1 fully saturated rings. The normalized spacial score (nSPS) is 22.4. The molecular weight excluding hydrogens is 248 g/mol. The lowest BCUT2D eigenvalue weighted by Gasteiger charge is -2.25. The number of nitrogens with zero attached hydrogens (tertiary/aromatic N) is 1. The number of carbonyl (C=O) groups is 2. The molecular formula is C9H10N2O5S. The molecule has 0 atom stereocenters. The molecule has 0 aromatic rings. The number of sulfonamides is 1. The van der Waals surface area contributed by atoms with E-state index in [-0.39, 0.29) is 11.8 Å². The Balaban J connectivity index is 2.17. The molecule has 2 aliphatic rings. The van der Waals surface area contributed by atoms with Gasteiger partial charge < -0.3 is 10.4 Å². The Morgan fingerprint density at radius 2 is 2.06 bits per heavy atom. The van der Waals surface area contributed by atoms with E-state index in [1.807, 2.05) is 0 Å². The molecule has 2 rings (SSSR count). The zero-order valence-corrected chi connectivity index (χ0v) is 9.53. The summed E-state index contributed by atoms with van der Waals surface area (Å²) in [7, 11) is -4.22. The van der Waals surface area contributed by atoms with Gasteiger partial charge in [0.25, 0.3) is 15.9 Å². The van der Waals surface area contributed by atoms with Gasteiger partial charge in [-0.15, -0.1) is 0 Å². The van der Waals surface area contributed by atoms with Crippen LogP contribution in [-0.2, 0) is 19.6 Å². The lowest BCUT2D eigenvalue weighted by molar-refractivity contribution is -0.131. The zero-order chi connectivity index (χ0) is 12.6. The molecule has 1 amide bonds. The predicted molar refractivity (Wildman–Crippen MR) is 57.9 cm³/mol. The van der Waals surface area contributed by atoms with Crippen LogP contribution in [0, 0.1) is 0 Å². The van der Waals surface area contributed by atoms with Gasteiger partial charge in [0.2, 0.25) is 0 Å². The van der Waals surface area contributed by atoms with Crippen LogP contribution in [0.25, 0.3) is 0 Å². The van der Waals surface area contributed by atoms with Crippen LogP contribution < -0.4 is 5.32 Å². The highest BCUT2D eigenvalue weighted by Gasteiger charge is 2.33. The van der Waals surface area contributed by atoms with Crippen molar-refractivity contribution in [3.05, 3.63) is 11.0 Å². The van der Waals surface area contributed by atoms with E-state index in [0.717, 1.165) is 25.3 Å². The van der Waals surface area contributed by atoms with Gasteiger partial charge in [-0.25, -0.2) is 4.79 Å². The molecule has 0 aromatic carbocycles. The molecule has 7 nitrogen and oxygen atoms in total. The van der Waals surface area contributed by atoms with Crippen molar-refractivity contribution in [1.82, 2.24) is 5.32 Å². The zero-order valence-electron chi connectivity index (χ0n) is 8.71. The van der Waals surface area contributed by atoms with Crippen LogP contribution in [0.3, 0.4) is 0 Å². The Kier molecular flexibility index (Phi) is 2.74. The number of carboxylic acid groups (broad SMARTS) is 1. The summed E-state index contributed by atoms with van der Waals surface area (Å²) in [6.07, 6.45) is 3.50. The van der Waals surface area contributed by atoms with E-state index < -0.39 is 26.8 Å². The largest absolute Gasteiger partial charge is 0.477 e. The maximum Gasteiger partial charge on any atom is 0.349 e.